The first-order chi connectivity index (χ1) is 13.3. The molecule has 4 rings (SSSR count). The Morgan fingerprint density at radius 2 is 1.81 bits per heavy atom. The van der Waals surface area contributed by atoms with Gasteiger partial charge in [-0.05, 0) is 35.4 Å². The molecule has 2 aliphatic rings. The summed E-state index contributed by atoms with van der Waals surface area (Å²) in [5.74, 6) is 0.147. The van der Waals surface area contributed by atoms with Crippen molar-refractivity contribution in [1.29, 1.82) is 0 Å². The van der Waals surface area contributed by atoms with Crippen molar-refractivity contribution in [3.05, 3.63) is 59.7 Å². The highest BCUT2D eigenvalue weighted by atomic mass is 16.3. The average Bonchev–Trinajstić information content (AvgIpc) is 2.73. The van der Waals surface area contributed by atoms with Crippen LogP contribution < -0.4 is 4.90 Å². The van der Waals surface area contributed by atoms with Crippen LogP contribution in [0, 0.1) is 0 Å². The van der Waals surface area contributed by atoms with Gasteiger partial charge in [0.05, 0.1) is 24.8 Å². The van der Waals surface area contributed by atoms with Gasteiger partial charge in [-0.25, -0.2) is 0 Å². The number of fused-ring (bicyclic) bond motifs is 1. The van der Waals surface area contributed by atoms with E-state index in [1.165, 1.54) is 16.8 Å². The molecule has 1 fully saturated rings. The Morgan fingerprint density at radius 1 is 1.04 bits per heavy atom. The van der Waals surface area contributed by atoms with Gasteiger partial charge in [-0.15, -0.1) is 0 Å². The molecule has 140 valence electrons. The molecular weight excluding hydrogens is 336 g/mol. The zero-order valence-electron chi connectivity index (χ0n) is 15.5. The standard InChI is InChI=1S/C22H26N4O/c27-14-13-25-9-11-26(12-10-25)21-7-5-20(6-8-21)24-17-19-16-23-15-18-3-1-2-4-22(18)19/h1-8,16-17,19,27H,9-15H2. The van der Waals surface area contributed by atoms with E-state index in [4.69, 9.17) is 5.11 Å². The van der Waals surface area contributed by atoms with E-state index < -0.39 is 0 Å². The van der Waals surface area contributed by atoms with Gasteiger partial charge in [0, 0.05) is 50.8 Å². The summed E-state index contributed by atoms with van der Waals surface area (Å²) in [5, 5.41) is 9.05. The van der Waals surface area contributed by atoms with Crippen LogP contribution in [-0.4, -0.2) is 61.8 Å². The highest BCUT2D eigenvalue weighted by Crippen LogP contribution is 2.25. The van der Waals surface area contributed by atoms with Gasteiger partial charge < -0.3 is 10.0 Å². The second-order valence-corrected chi connectivity index (χ2v) is 7.06. The predicted octanol–water partition coefficient (Wildman–Crippen LogP) is 2.87. The summed E-state index contributed by atoms with van der Waals surface area (Å²) in [7, 11) is 0. The van der Waals surface area contributed by atoms with Crippen LogP contribution >= 0.6 is 0 Å². The third-order valence-electron chi connectivity index (χ3n) is 5.33. The molecule has 0 spiro atoms. The minimum absolute atomic E-state index is 0.147. The fourth-order valence-electron chi connectivity index (χ4n) is 3.75. The predicted molar refractivity (Wildman–Crippen MR) is 112 cm³/mol. The maximum atomic E-state index is 9.05. The number of benzene rings is 2. The van der Waals surface area contributed by atoms with Crippen LogP contribution in [0.4, 0.5) is 11.4 Å². The van der Waals surface area contributed by atoms with Gasteiger partial charge in [0.2, 0.25) is 0 Å². The number of hydrogen-bond acceptors (Lipinski definition) is 5. The summed E-state index contributed by atoms with van der Waals surface area (Å²) < 4.78 is 0. The van der Waals surface area contributed by atoms with Crippen LogP contribution in [-0.2, 0) is 6.54 Å². The summed E-state index contributed by atoms with van der Waals surface area (Å²) in [6.07, 6.45) is 3.98. The van der Waals surface area contributed by atoms with E-state index >= 15 is 0 Å². The molecule has 1 N–H and O–H groups in total. The molecule has 1 saturated heterocycles. The molecule has 0 aromatic heterocycles. The number of aliphatic hydroxyl groups excluding tert-OH is 1. The van der Waals surface area contributed by atoms with Crippen molar-refractivity contribution in [2.24, 2.45) is 9.98 Å². The highest BCUT2D eigenvalue weighted by Gasteiger charge is 2.17. The van der Waals surface area contributed by atoms with E-state index in [1.54, 1.807) is 0 Å². The second kappa shape index (κ2) is 8.46. The Bertz CT molecular complexity index is 807. The van der Waals surface area contributed by atoms with Crippen LogP contribution in [0.1, 0.15) is 17.0 Å². The first-order valence-corrected chi connectivity index (χ1v) is 9.63. The highest BCUT2D eigenvalue weighted by molar-refractivity contribution is 5.92. The smallest absolute Gasteiger partial charge is 0.0639 e. The zero-order valence-corrected chi connectivity index (χ0v) is 15.5. The van der Waals surface area contributed by atoms with Crippen molar-refractivity contribution in [2.45, 2.75) is 12.5 Å². The number of piperazine rings is 1. The van der Waals surface area contributed by atoms with Crippen LogP contribution in [0.15, 0.2) is 58.5 Å². The molecule has 0 radical (unpaired) electrons. The van der Waals surface area contributed by atoms with E-state index in [0.29, 0.717) is 0 Å². The number of β-amino-alcohol motifs (C(OH)–C–C–N with tert-alkyl or cyclic N) is 1. The van der Waals surface area contributed by atoms with Crippen molar-refractivity contribution < 1.29 is 5.11 Å². The number of rotatable bonds is 5. The third-order valence-corrected chi connectivity index (χ3v) is 5.33. The number of anilines is 1. The molecule has 2 aromatic rings. The maximum absolute atomic E-state index is 9.05. The van der Waals surface area contributed by atoms with Crippen molar-refractivity contribution in [1.82, 2.24) is 4.90 Å². The number of nitrogens with zero attached hydrogens (tertiary/aromatic N) is 4. The Hall–Kier alpha value is -2.50. The van der Waals surface area contributed by atoms with Crippen LogP contribution in [0.5, 0.6) is 0 Å². The van der Waals surface area contributed by atoms with Gasteiger partial charge in [0.25, 0.3) is 0 Å². The van der Waals surface area contributed by atoms with E-state index in [9.17, 15) is 0 Å². The average molecular weight is 362 g/mol. The normalized spacial score (nSPS) is 20.2. The summed E-state index contributed by atoms with van der Waals surface area (Å²) in [6, 6.07) is 16.9. The Labute approximate surface area is 160 Å². The first-order valence-electron chi connectivity index (χ1n) is 9.63. The Morgan fingerprint density at radius 3 is 2.59 bits per heavy atom. The van der Waals surface area contributed by atoms with Crippen LogP contribution in [0.25, 0.3) is 0 Å². The van der Waals surface area contributed by atoms with E-state index in [0.717, 1.165) is 45.0 Å². The van der Waals surface area contributed by atoms with Gasteiger partial charge in [-0.3, -0.25) is 14.9 Å². The molecule has 0 aliphatic carbocycles. The molecule has 0 amide bonds. The van der Waals surface area contributed by atoms with Crippen molar-refractivity contribution in [3.63, 3.8) is 0 Å². The minimum atomic E-state index is 0.147. The van der Waals surface area contributed by atoms with Crippen molar-refractivity contribution in [2.75, 3.05) is 44.2 Å². The van der Waals surface area contributed by atoms with Crippen molar-refractivity contribution in [3.8, 4) is 0 Å². The minimum Gasteiger partial charge on any atom is -0.395 e. The molecule has 2 aromatic carbocycles. The van der Waals surface area contributed by atoms with Gasteiger partial charge in [-0.1, -0.05) is 24.3 Å². The van der Waals surface area contributed by atoms with E-state index in [-0.39, 0.29) is 12.5 Å². The molecule has 1 atom stereocenters. The van der Waals surface area contributed by atoms with E-state index in [1.807, 2.05) is 12.4 Å². The third kappa shape index (κ3) is 4.26. The number of aliphatic hydroxyl groups is 1. The SMILES string of the molecule is OCCN1CCN(c2ccc(N=CC3C=NCc4ccccc43)cc2)CC1. The molecule has 0 saturated carbocycles. The topological polar surface area (TPSA) is 51.4 Å². The number of aliphatic imine (C=N–C) groups is 2. The second-order valence-electron chi connectivity index (χ2n) is 7.06. The van der Waals surface area contributed by atoms with Gasteiger partial charge in [0.1, 0.15) is 0 Å². The first kappa shape index (κ1) is 17.9. The zero-order chi connectivity index (χ0) is 18.5. The summed E-state index contributed by atoms with van der Waals surface area (Å²) in [4.78, 5) is 13.8. The lowest BCUT2D eigenvalue weighted by Gasteiger charge is -2.35. The molecular formula is C22H26N4O. The van der Waals surface area contributed by atoms with Gasteiger partial charge in [-0.2, -0.15) is 0 Å². The van der Waals surface area contributed by atoms with Crippen LogP contribution in [0.2, 0.25) is 0 Å². The monoisotopic (exact) mass is 362 g/mol. The summed E-state index contributed by atoms with van der Waals surface area (Å²) in [6.45, 7) is 5.77. The summed E-state index contributed by atoms with van der Waals surface area (Å²) >= 11 is 0. The lowest BCUT2D eigenvalue weighted by Crippen LogP contribution is -2.47. The Kier molecular flexibility index (Phi) is 5.61. The molecule has 5 heteroatoms. The lowest BCUT2D eigenvalue weighted by atomic mass is 9.94. The molecule has 2 aliphatic heterocycles. The Balaban J connectivity index is 1.39. The molecule has 2 heterocycles. The quantitative estimate of drug-likeness (QED) is 0.832. The summed E-state index contributed by atoms with van der Waals surface area (Å²) in [5.41, 5.74) is 4.79. The number of hydrogen-bond donors (Lipinski definition) is 1. The fourth-order valence-corrected chi connectivity index (χ4v) is 3.75. The molecule has 27 heavy (non-hydrogen) atoms. The van der Waals surface area contributed by atoms with Crippen LogP contribution in [0.3, 0.4) is 0 Å². The lowest BCUT2D eigenvalue weighted by molar-refractivity contribution is 0.189. The largest absolute Gasteiger partial charge is 0.395 e. The molecule has 5 nitrogen and oxygen atoms in total. The molecule has 0 bridgehead atoms. The van der Waals surface area contributed by atoms with Gasteiger partial charge in [0.15, 0.2) is 0 Å². The molecule has 1 unspecified atom stereocenters. The van der Waals surface area contributed by atoms with E-state index in [2.05, 4.69) is 68.3 Å². The van der Waals surface area contributed by atoms with Crippen molar-refractivity contribution >= 4 is 23.8 Å². The maximum Gasteiger partial charge on any atom is 0.0639 e. The van der Waals surface area contributed by atoms with Gasteiger partial charge >= 0.3 is 0 Å². The fraction of sp³-hybridized carbons (Fsp3) is 0.364.